The first-order chi connectivity index (χ1) is 11.8. The van der Waals surface area contributed by atoms with Gasteiger partial charge in [-0.15, -0.1) is 0 Å². The molecular formula is C20H23NO4. The molecule has 0 atom stereocenters. The first-order valence-corrected chi connectivity index (χ1v) is 8.08. The molecule has 0 radical (unpaired) electrons. The second-order valence-corrected chi connectivity index (χ2v) is 6.08. The second-order valence-electron chi connectivity index (χ2n) is 6.08. The van der Waals surface area contributed by atoms with Crippen molar-refractivity contribution in [2.24, 2.45) is 0 Å². The number of nitrogens with one attached hydrogen (secondary N) is 1. The molecule has 1 N–H and O–H groups in total. The highest BCUT2D eigenvalue weighted by atomic mass is 16.6. The molecule has 0 aromatic heterocycles. The van der Waals surface area contributed by atoms with Crippen LogP contribution in [0.2, 0.25) is 0 Å². The van der Waals surface area contributed by atoms with Crippen LogP contribution in [0.4, 0.5) is 5.69 Å². The number of hydrogen-bond acceptors (Lipinski definition) is 4. The Morgan fingerprint density at radius 1 is 0.880 bits per heavy atom. The zero-order valence-corrected chi connectivity index (χ0v) is 15.0. The third kappa shape index (κ3) is 5.64. The van der Waals surface area contributed by atoms with Crippen LogP contribution in [0.1, 0.15) is 22.3 Å². The summed E-state index contributed by atoms with van der Waals surface area (Å²) in [4.78, 5) is 23.6. The summed E-state index contributed by atoms with van der Waals surface area (Å²) >= 11 is 0. The van der Waals surface area contributed by atoms with E-state index in [1.807, 2.05) is 64.1 Å². The van der Waals surface area contributed by atoms with E-state index in [9.17, 15) is 9.59 Å². The van der Waals surface area contributed by atoms with Crippen molar-refractivity contribution in [3.63, 3.8) is 0 Å². The van der Waals surface area contributed by atoms with E-state index in [0.717, 1.165) is 22.3 Å². The number of ether oxygens (including phenoxy) is 2. The SMILES string of the molecule is Cc1ccc(NC(=O)COC(=O)COc2ccc(C)cc2C)c(C)c1. The lowest BCUT2D eigenvalue weighted by atomic mass is 10.1. The van der Waals surface area contributed by atoms with Gasteiger partial charge in [0.15, 0.2) is 13.2 Å². The van der Waals surface area contributed by atoms with E-state index in [1.54, 1.807) is 0 Å². The zero-order chi connectivity index (χ0) is 18.4. The molecule has 0 aliphatic rings. The average molecular weight is 341 g/mol. The molecule has 2 aromatic carbocycles. The molecular weight excluding hydrogens is 318 g/mol. The maximum absolute atomic E-state index is 11.9. The van der Waals surface area contributed by atoms with Gasteiger partial charge in [-0.1, -0.05) is 35.4 Å². The predicted octanol–water partition coefficient (Wildman–Crippen LogP) is 3.48. The Hall–Kier alpha value is -2.82. The molecule has 0 bridgehead atoms. The average Bonchev–Trinajstić information content (AvgIpc) is 2.55. The molecule has 5 heteroatoms. The summed E-state index contributed by atoms with van der Waals surface area (Å²) in [5.74, 6) is -0.343. The molecule has 5 nitrogen and oxygen atoms in total. The first kappa shape index (κ1) is 18.5. The molecule has 0 saturated heterocycles. The third-order valence-corrected chi connectivity index (χ3v) is 3.70. The Morgan fingerprint density at radius 2 is 1.52 bits per heavy atom. The van der Waals surface area contributed by atoms with Crippen LogP contribution in [0, 0.1) is 27.7 Å². The molecule has 132 valence electrons. The summed E-state index contributed by atoms with van der Waals surface area (Å²) in [6.07, 6.45) is 0. The van der Waals surface area contributed by atoms with Gasteiger partial charge in [0.1, 0.15) is 5.75 Å². The fraction of sp³-hybridized carbons (Fsp3) is 0.300. The van der Waals surface area contributed by atoms with Crippen LogP contribution >= 0.6 is 0 Å². The van der Waals surface area contributed by atoms with Gasteiger partial charge >= 0.3 is 5.97 Å². The van der Waals surface area contributed by atoms with Crippen molar-refractivity contribution >= 4 is 17.6 Å². The van der Waals surface area contributed by atoms with Gasteiger partial charge in [-0.2, -0.15) is 0 Å². The fourth-order valence-corrected chi connectivity index (χ4v) is 2.43. The van der Waals surface area contributed by atoms with Crippen LogP contribution in [0.15, 0.2) is 36.4 Å². The lowest BCUT2D eigenvalue weighted by molar-refractivity contribution is -0.149. The van der Waals surface area contributed by atoms with Crippen LogP contribution in [0.3, 0.4) is 0 Å². The number of anilines is 1. The summed E-state index contributed by atoms with van der Waals surface area (Å²) < 4.78 is 10.4. The van der Waals surface area contributed by atoms with Gasteiger partial charge in [0.2, 0.25) is 0 Å². The minimum absolute atomic E-state index is 0.235. The van der Waals surface area contributed by atoms with Gasteiger partial charge in [0.25, 0.3) is 5.91 Å². The van der Waals surface area contributed by atoms with Gasteiger partial charge in [0, 0.05) is 5.69 Å². The van der Waals surface area contributed by atoms with Crippen LogP contribution in [0.25, 0.3) is 0 Å². The molecule has 2 rings (SSSR count). The van der Waals surface area contributed by atoms with Crippen molar-refractivity contribution in [2.75, 3.05) is 18.5 Å². The monoisotopic (exact) mass is 341 g/mol. The molecule has 0 heterocycles. The van der Waals surface area contributed by atoms with Gasteiger partial charge in [-0.3, -0.25) is 4.79 Å². The third-order valence-electron chi connectivity index (χ3n) is 3.70. The summed E-state index contributed by atoms with van der Waals surface area (Å²) in [5, 5.41) is 2.72. The molecule has 1 amide bonds. The van der Waals surface area contributed by atoms with Gasteiger partial charge < -0.3 is 14.8 Å². The topological polar surface area (TPSA) is 64.6 Å². The van der Waals surface area contributed by atoms with Gasteiger partial charge in [-0.05, 0) is 51.0 Å². The van der Waals surface area contributed by atoms with E-state index in [4.69, 9.17) is 9.47 Å². The summed E-state index contributed by atoms with van der Waals surface area (Å²) in [5.41, 5.74) is 4.84. The van der Waals surface area contributed by atoms with Crippen LogP contribution in [0.5, 0.6) is 5.75 Å². The summed E-state index contributed by atoms with van der Waals surface area (Å²) in [6, 6.07) is 11.4. The van der Waals surface area contributed by atoms with Gasteiger partial charge in [0.05, 0.1) is 0 Å². The van der Waals surface area contributed by atoms with E-state index in [1.165, 1.54) is 0 Å². The number of benzene rings is 2. The molecule has 0 unspecified atom stereocenters. The normalized spacial score (nSPS) is 10.2. The zero-order valence-electron chi connectivity index (χ0n) is 15.0. The molecule has 0 saturated carbocycles. The van der Waals surface area contributed by atoms with Crippen molar-refractivity contribution < 1.29 is 19.1 Å². The Bertz CT molecular complexity index is 783. The molecule has 0 fully saturated rings. The van der Waals surface area contributed by atoms with Crippen LogP contribution in [-0.4, -0.2) is 25.1 Å². The number of carbonyl (C=O) groups is 2. The highest BCUT2D eigenvalue weighted by molar-refractivity contribution is 5.93. The summed E-state index contributed by atoms with van der Waals surface area (Å²) in [6.45, 7) is 7.20. The minimum Gasteiger partial charge on any atom is -0.482 e. The highest BCUT2D eigenvalue weighted by Gasteiger charge is 2.10. The first-order valence-electron chi connectivity index (χ1n) is 8.08. The molecule has 2 aromatic rings. The molecule has 0 spiro atoms. The predicted molar refractivity (Wildman–Crippen MR) is 96.9 cm³/mol. The smallest absolute Gasteiger partial charge is 0.344 e. The Balaban J connectivity index is 1.78. The van der Waals surface area contributed by atoms with E-state index in [2.05, 4.69) is 5.32 Å². The fourth-order valence-electron chi connectivity index (χ4n) is 2.43. The minimum atomic E-state index is -0.587. The van der Waals surface area contributed by atoms with Crippen molar-refractivity contribution in [3.8, 4) is 5.75 Å². The number of carbonyl (C=O) groups excluding carboxylic acids is 2. The Morgan fingerprint density at radius 3 is 2.16 bits per heavy atom. The van der Waals surface area contributed by atoms with E-state index in [0.29, 0.717) is 11.4 Å². The number of esters is 1. The molecule has 25 heavy (non-hydrogen) atoms. The molecule has 0 aliphatic carbocycles. The second kappa shape index (κ2) is 8.33. The lowest BCUT2D eigenvalue weighted by Crippen LogP contribution is -2.24. The maximum atomic E-state index is 11.9. The lowest BCUT2D eigenvalue weighted by Gasteiger charge is -2.11. The van der Waals surface area contributed by atoms with Crippen molar-refractivity contribution in [1.82, 2.24) is 0 Å². The van der Waals surface area contributed by atoms with Crippen molar-refractivity contribution in [3.05, 3.63) is 58.7 Å². The quantitative estimate of drug-likeness (QED) is 0.817. The van der Waals surface area contributed by atoms with Crippen molar-refractivity contribution in [1.29, 1.82) is 0 Å². The highest BCUT2D eigenvalue weighted by Crippen LogP contribution is 2.18. The Kier molecular flexibility index (Phi) is 6.17. The number of amides is 1. The number of hydrogen-bond donors (Lipinski definition) is 1. The van der Waals surface area contributed by atoms with E-state index in [-0.39, 0.29) is 19.1 Å². The van der Waals surface area contributed by atoms with Crippen LogP contribution in [-0.2, 0) is 14.3 Å². The number of aryl methyl sites for hydroxylation is 4. The van der Waals surface area contributed by atoms with Crippen LogP contribution < -0.4 is 10.1 Å². The van der Waals surface area contributed by atoms with Gasteiger partial charge in [-0.25, -0.2) is 4.79 Å². The summed E-state index contributed by atoms with van der Waals surface area (Å²) in [7, 11) is 0. The maximum Gasteiger partial charge on any atom is 0.344 e. The van der Waals surface area contributed by atoms with E-state index >= 15 is 0 Å². The standard InChI is InChI=1S/C20H23NO4/c1-13-5-7-17(15(3)9-13)21-19(22)11-25-20(23)12-24-18-8-6-14(2)10-16(18)4/h5-10H,11-12H2,1-4H3,(H,21,22). The molecule has 0 aliphatic heterocycles. The Labute approximate surface area is 148 Å². The largest absolute Gasteiger partial charge is 0.482 e. The van der Waals surface area contributed by atoms with Crippen molar-refractivity contribution in [2.45, 2.75) is 27.7 Å². The number of rotatable bonds is 6. The van der Waals surface area contributed by atoms with E-state index < -0.39 is 5.97 Å².